The van der Waals surface area contributed by atoms with Crippen LogP contribution in [0.2, 0.25) is 0 Å². The molecule has 290 valence electrons. The summed E-state index contributed by atoms with van der Waals surface area (Å²) in [5.74, 6) is -0.910. The number of nitrogens with zero attached hydrogens (tertiary/aromatic N) is 2. The van der Waals surface area contributed by atoms with Gasteiger partial charge in [0.25, 0.3) is 0 Å². The maximum atomic E-state index is 13.8. The fourth-order valence-corrected chi connectivity index (χ4v) is 14.0. The van der Waals surface area contributed by atoms with Crippen LogP contribution in [0.4, 0.5) is 0 Å². The van der Waals surface area contributed by atoms with Crippen LogP contribution in [-0.4, -0.2) is 33.1 Å². The fraction of sp³-hybridized carbons (Fsp3) is 0.231. The SMILES string of the molecule is O=C1C(=Cc2nc3c(s2)-c2cc4c(cc2C32CCCCC2)-c2sc(C=C3C(=O)c5cc6ccccc6cc5C3=O)nc2C42CCCCC2)C(=O)c2cc3ccccc3cc21. The van der Waals surface area contributed by atoms with E-state index in [4.69, 9.17) is 9.97 Å². The number of thiazole rings is 2. The van der Waals surface area contributed by atoms with Crippen molar-refractivity contribution in [3.05, 3.63) is 151 Å². The van der Waals surface area contributed by atoms with E-state index < -0.39 is 0 Å². The molecule has 2 aromatic heterocycles. The molecule has 8 heteroatoms. The van der Waals surface area contributed by atoms with E-state index in [1.807, 2.05) is 72.8 Å². The summed E-state index contributed by atoms with van der Waals surface area (Å²) in [6.45, 7) is 0. The van der Waals surface area contributed by atoms with Crippen molar-refractivity contribution >= 4 is 79.5 Å². The lowest BCUT2D eigenvalue weighted by Crippen LogP contribution is -2.30. The molecule has 2 fully saturated rings. The van der Waals surface area contributed by atoms with Crippen LogP contribution < -0.4 is 0 Å². The van der Waals surface area contributed by atoms with Crippen LogP contribution in [-0.2, 0) is 10.8 Å². The molecular formula is C52H36N2O4S2. The van der Waals surface area contributed by atoms with E-state index in [9.17, 15) is 19.2 Å². The molecule has 0 bridgehead atoms. The van der Waals surface area contributed by atoms with Gasteiger partial charge in [0.1, 0.15) is 10.0 Å². The molecule has 0 N–H and O–H groups in total. The maximum absolute atomic E-state index is 13.8. The highest BCUT2D eigenvalue weighted by Crippen LogP contribution is 2.63. The van der Waals surface area contributed by atoms with Crippen molar-refractivity contribution in [3.63, 3.8) is 0 Å². The second kappa shape index (κ2) is 12.3. The van der Waals surface area contributed by atoms with Crippen molar-refractivity contribution < 1.29 is 19.2 Å². The lowest BCUT2D eigenvalue weighted by Gasteiger charge is -2.36. The molecule has 7 aromatic rings. The number of benzene rings is 5. The number of carbonyl (C=O) groups excluding carboxylic acids is 4. The first-order valence-electron chi connectivity index (χ1n) is 21.2. The summed E-state index contributed by atoms with van der Waals surface area (Å²) < 4.78 is 0. The summed E-state index contributed by atoms with van der Waals surface area (Å²) in [6, 6.07) is 28.0. The van der Waals surface area contributed by atoms with E-state index in [0.29, 0.717) is 32.3 Å². The van der Waals surface area contributed by atoms with Crippen LogP contribution in [0.15, 0.2) is 96.1 Å². The molecule has 6 aliphatic carbocycles. The molecule has 0 saturated heterocycles. The Hall–Kier alpha value is -5.96. The van der Waals surface area contributed by atoms with Gasteiger partial charge in [-0.2, -0.15) is 0 Å². The van der Waals surface area contributed by atoms with Crippen LogP contribution in [0.25, 0.3) is 54.6 Å². The monoisotopic (exact) mass is 816 g/mol. The van der Waals surface area contributed by atoms with Crippen molar-refractivity contribution in [1.29, 1.82) is 0 Å². The molecule has 13 rings (SSSR count). The average molecular weight is 817 g/mol. The zero-order valence-corrected chi connectivity index (χ0v) is 34.3. The first-order chi connectivity index (χ1) is 29.3. The topological polar surface area (TPSA) is 94.1 Å². The molecule has 0 unspecified atom stereocenters. The highest BCUT2D eigenvalue weighted by Gasteiger charge is 2.52. The normalized spacial score (nSPS) is 19.0. The number of fused-ring (bicyclic) bond motifs is 14. The Bertz CT molecular complexity index is 2920. The van der Waals surface area contributed by atoms with Gasteiger partial charge in [0, 0.05) is 33.1 Å². The van der Waals surface area contributed by atoms with Gasteiger partial charge in [0.15, 0.2) is 23.1 Å². The third-order valence-electron chi connectivity index (χ3n) is 14.6. The zero-order valence-electron chi connectivity index (χ0n) is 32.7. The molecule has 2 saturated carbocycles. The van der Waals surface area contributed by atoms with Crippen molar-refractivity contribution in [3.8, 4) is 20.9 Å². The molecule has 0 amide bonds. The highest BCUT2D eigenvalue weighted by atomic mass is 32.1. The molecule has 60 heavy (non-hydrogen) atoms. The molecule has 2 heterocycles. The van der Waals surface area contributed by atoms with E-state index in [-0.39, 0.29) is 45.1 Å². The Kier molecular flexibility index (Phi) is 7.15. The van der Waals surface area contributed by atoms with Gasteiger partial charge in [-0.15, -0.1) is 22.7 Å². The van der Waals surface area contributed by atoms with E-state index in [0.717, 1.165) is 94.1 Å². The van der Waals surface area contributed by atoms with E-state index >= 15 is 0 Å². The minimum Gasteiger partial charge on any atom is -0.288 e. The van der Waals surface area contributed by atoms with Gasteiger partial charge in [-0.25, -0.2) is 9.97 Å². The fourth-order valence-electron chi connectivity index (χ4n) is 11.7. The minimum absolute atomic E-state index is 0.195. The molecule has 6 nitrogen and oxygen atoms in total. The van der Waals surface area contributed by atoms with Crippen molar-refractivity contribution in [1.82, 2.24) is 9.97 Å². The van der Waals surface area contributed by atoms with Gasteiger partial charge < -0.3 is 0 Å². The van der Waals surface area contributed by atoms with Gasteiger partial charge in [-0.05, 0) is 118 Å². The van der Waals surface area contributed by atoms with E-state index in [1.165, 1.54) is 35.1 Å². The van der Waals surface area contributed by atoms with Gasteiger partial charge in [0.05, 0.1) is 32.3 Å². The largest absolute Gasteiger partial charge is 0.288 e. The molecule has 0 atom stereocenters. The zero-order chi connectivity index (χ0) is 40.1. The second-order valence-corrected chi connectivity index (χ2v) is 19.7. The summed E-state index contributed by atoms with van der Waals surface area (Å²) in [6.07, 6.45) is 14.3. The standard InChI is InChI=1S/C52H36N2O4S2/c55-43-31-19-27-11-3-4-12-28(27)20-32(31)44(56)37(43)25-41-53-49-47(59-41)35-24-40-36(23-39(35)51(49)15-7-1-8-16-51)48-50(52(40)17-9-2-10-18-52)54-42(60-48)26-38-45(57)33-21-29-13-5-6-14-30(29)22-34(33)46(38)58/h3-6,11-14,19-26H,1-2,7-10,15-18H2. The minimum atomic E-state index is -0.244. The predicted molar refractivity (Wildman–Crippen MR) is 238 cm³/mol. The Labute approximate surface area is 353 Å². The van der Waals surface area contributed by atoms with Crippen LogP contribution in [0, 0.1) is 0 Å². The molecule has 6 aliphatic rings. The number of aromatic nitrogens is 2. The van der Waals surface area contributed by atoms with Gasteiger partial charge in [-0.1, -0.05) is 87.1 Å². The van der Waals surface area contributed by atoms with Crippen molar-refractivity contribution in [2.24, 2.45) is 0 Å². The highest BCUT2D eigenvalue weighted by molar-refractivity contribution is 7.16. The quantitative estimate of drug-likeness (QED) is 0.127. The number of hydrogen-bond donors (Lipinski definition) is 0. The maximum Gasteiger partial charge on any atom is 0.197 e. The molecular weight excluding hydrogens is 781 g/mol. The van der Waals surface area contributed by atoms with Crippen LogP contribution in [0.5, 0.6) is 0 Å². The third kappa shape index (κ3) is 4.58. The average Bonchev–Trinajstić information content (AvgIpc) is 4.09. The molecule has 2 spiro atoms. The predicted octanol–water partition coefficient (Wildman–Crippen LogP) is 12.3. The summed E-state index contributed by atoms with van der Waals surface area (Å²) >= 11 is 3.22. The van der Waals surface area contributed by atoms with E-state index in [1.54, 1.807) is 34.8 Å². The number of ketones is 4. The van der Waals surface area contributed by atoms with Crippen molar-refractivity contribution in [2.75, 3.05) is 0 Å². The number of Topliss-reactive ketones (excluding diaryl/α,β-unsaturated/α-hetero) is 4. The summed E-state index contributed by atoms with van der Waals surface area (Å²) in [7, 11) is 0. The number of rotatable bonds is 2. The van der Waals surface area contributed by atoms with Gasteiger partial charge >= 0.3 is 0 Å². The first kappa shape index (κ1) is 34.9. The number of allylic oxidation sites excluding steroid dienone is 2. The second-order valence-electron chi connectivity index (χ2n) is 17.6. The Morgan fingerprint density at radius 1 is 0.433 bits per heavy atom. The molecule has 0 aliphatic heterocycles. The summed E-state index contributed by atoms with van der Waals surface area (Å²) in [5.41, 5.74) is 9.10. The lowest BCUT2D eigenvalue weighted by atomic mass is 9.67. The van der Waals surface area contributed by atoms with Crippen molar-refractivity contribution in [2.45, 2.75) is 75.0 Å². The summed E-state index contributed by atoms with van der Waals surface area (Å²) in [4.78, 5) is 68.2. The van der Waals surface area contributed by atoms with Crippen LogP contribution in [0.3, 0.4) is 0 Å². The van der Waals surface area contributed by atoms with E-state index in [2.05, 4.69) is 12.1 Å². The Morgan fingerprint density at radius 2 is 0.767 bits per heavy atom. The third-order valence-corrected chi connectivity index (χ3v) is 16.6. The number of carbonyl (C=O) groups is 4. The van der Waals surface area contributed by atoms with Gasteiger partial charge in [0.2, 0.25) is 0 Å². The number of hydrogen-bond acceptors (Lipinski definition) is 8. The Morgan fingerprint density at radius 3 is 1.10 bits per heavy atom. The molecule has 0 radical (unpaired) electrons. The summed E-state index contributed by atoms with van der Waals surface area (Å²) in [5, 5.41) is 5.21. The van der Waals surface area contributed by atoms with Crippen LogP contribution >= 0.6 is 22.7 Å². The van der Waals surface area contributed by atoms with Gasteiger partial charge in [-0.3, -0.25) is 19.2 Å². The lowest BCUT2D eigenvalue weighted by molar-refractivity contribution is 0.0975. The smallest absolute Gasteiger partial charge is 0.197 e. The molecule has 5 aromatic carbocycles. The first-order valence-corrected chi connectivity index (χ1v) is 22.8. The Balaban J connectivity index is 0.924. The van der Waals surface area contributed by atoms with Crippen LogP contribution in [0.1, 0.15) is 138 Å².